The Balaban J connectivity index is 1.41. The smallest absolute Gasteiger partial charge is 0.0596 e. The van der Waals surface area contributed by atoms with Crippen LogP contribution in [-0.2, 0) is 13.1 Å². The topological polar surface area (TPSA) is 39.1 Å². The molecule has 0 amide bonds. The fraction of sp³-hybridized carbons (Fsp3) is 0.458. The number of likely N-dealkylation sites (tertiary alicyclic amines) is 1. The minimum absolute atomic E-state index is 0.915. The van der Waals surface area contributed by atoms with Crippen LogP contribution in [0.2, 0.25) is 0 Å². The predicted molar refractivity (Wildman–Crippen MR) is 116 cm³/mol. The van der Waals surface area contributed by atoms with Gasteiger partial charge in [0.1, 0.15) is 0 Å². The van der Waals surface area contributed by atoms with Gasteiger partial charge in [-0.25, -0.2) is 0 Å². The zero-order chi connectivity index (χ0) is 19.4. The quantitative estimate of drug-likeness (QED) is 0.367. The van der Waals surface area contributed by atoms with Gasteiger partial charge in [-0.1, -0.05) is 72.2 Å². The summed E-state index contributed by atoms with van der Waals surface area (Å²) in [6.45, 7) is 6.37. The molecule has 0 radical (unpaired) electrons. The van der Waals surface area contributed by atoms with Crippen LogP contribution in [0.3, 0.4) is 0 Å². The highest BCUT2D eigenvalue weighted by Crippen LogP contribution is 2.13. The van der Waals surface area contributed by atoms with E-state index in [0.717, 1.165) is 57.8 Å². The first-order chi connectivity index (χ1) is 13.8. The summed E-state index contributed by atoms with van der Waals surface area (Å²) in [6.07, 6.45) is 5.57. The second kappa shape index (κ2) is 11.6. The molecule has 1 aliphatic heterocycles. The Hall–Kier alpha value is -2.17. The van der Waals surface area contributed by atoms with Crippen LogP contribution < -0.4 is 0 Å². The van der Waals surface area contributed by atoms with Crippen molar-refractivity contribution in [3.8, 4) is 0 Å². The van der Waals surface area contributed by atoms with Crippen molar-refractivity contribution in [3.63, 3.8) is 0 Å². The third kappa shape index (κ3) is 7.10. The fourth-order valence-corrected chi connectivity index (χ4v) is 3.88. The molecule has 2 aromatic carbocycles. The maximum Gasteiger partial charge on any atom is 0.0596 e. The van der Waals surface area contributed by atoms with Gasteiger partial charge in [-0.2, -0.15) is 0 Å². The Labute approximate surface area is 169 Å². The number of hydrogen-bond donors (Lipinski definition) is 1. The van der Waals surface area contributed by atoms with E-state index in [9.17, 15) is 0 Å². The Morgan fingerprint density at radius 3 is 1.89 bits per heavy atom. The lowest BCUT2D eigenvalue weighted by Crippen LogP contribution is -2.34. The van der Waals surface area contributed by atoms with Gasteiger partial charge in [-0.05, 0) is 37.1 Å². The minimum atomic E-state index is 0.915. The second-order valence-corrected chi connectivity index (χ2v) is 7.75. The van der Waals surface area contributed by atoms with Crippen molar-refractivity contribution in [2.75, 3.05) is 26.2 Å². The number of oxime groups is 1. The van der Waals surface area contributed by atoms with Crippen LogP contribution in [0.25, 0.3) is 0 Å². The number of nitrogens with zero attached hydrogens (tertiary/aromatic N) is 3. The van der Waals surface area contributed by atoms with E-state index in [1.165, 1.54) is 30.4 Å². The molecule has 0 aromatic heterocycles. The van der Waals surface area contributed by atoms with Gasteiger partial charge < -0.3 is 10.1 Å². The van der Waals surface area contributed by atoms with Crippen LogP contribution >= 0.6 is 0 Å². The molecule has 28 heavy (non-hydrogen) atoms. The van der Waals surface area contributed by atoms with E-state index in [2.05, 4.69) is 75.6 Å². The first-order valence-electron chi connectivity index (χ1n) is 10.6. The van der Waals surface area contributed by atoms with E-state index in [0.29, 0.717) is 0 Å². The fourth-order valence-electron chi connectivity index (χ4n) is 3.88. The van der Waals surface area contributed by atoms with Gasteiger partial charge in [0, 0.05) is 39.0 Å². The molecule has 150 valence electrons. The van der Waals surface area contributed by atoms with Gasteiger partial charge in [0.2, 0.25) is 0 Å². The van der Waals surface area contributed by atoms with Crippen molar-refractivity contribution in [1.29, 1.82) is 0 Å². The first kappa shape index (κ1) is 20.6. The third-order valence-electron chi connectivity index (χ3n) is 5.52. The summed E-state index contributed by atoms with van der Waals surface area (Å²) < 4.78 is 0. The maximum atomic E-state index is 8.85. The van der Waals surface area contributed by atoms with Crippen LogP contribution in [-0.4, -0.2) is 46.9 Å². The standard InChI is InChI=1S/C24H33N3O/c28-25-24-14-18-26(19-15-24)16-8-3-9-17-27(20-22-10-4-1-5-11-22)21-23-12-6-2-7-13-23/h1-2,4-7,10-13,28H,3,8-9,14-21H2. The molecular formula is C24H33N3O. The number of piperidine rings is 1. The highest BCUT2D eigenvalue weighted by atomic mass is 16.4. The van der Waals surface area contributed by atoms with Crippen LogP contribution in [0.1, 0.15) is 43.2 Å². The average Bonchev–Trinajstić information content (AvgIpc) is 2.75. The number of rotatable bonds is 10. The summed E-state index contributed by atoms with van der Waals surface area (Å²) in [6, 6.07) is 21.6. The average molecular weight is 380 g/mol. The van der Waals surface area contributed by atoms with Gasteiger partial charge in [-0.3, -0.25) is 4.90 Å². The summed E-state index contributed by atoms with van der Waals surface area (Å²) in [5, 5.41) is 12.2. The van der Waals surface area contributed by atoms with Crippen LogP contribution in [0.5, 0.6) is 0 Å². The molecular weight excluding hydrogens is 346 g/mol. The molecule has 0 bridgehead atoms. The Morgan fingerprint density at radius 1 is 0.786 bits per heavy atom. The third-order valence-corrected chi connectivity index (χ3v) is 5.52. The Bertz CT molecular complexity index is 651. The minimum Gasteiger partial charge on any atom is -0.411 e. The molecule has 1 aliphatic rings. The molecule has 0 saturated carbocycles. The summed E-state index contributed by atoms with van der Waals surface area (Å²) in [5.74, 6) is 0. The van der Waals surface area contributed by atoms with Crippen molar-refractivity contribution in [2.45, 2.75) is 45.2 Å². The maximum absolute atomic E-state index is 8.85. The Kier molecular flexibility index (Phi) is 8.54. The van der Waals surface area contributed by atoms with Gasteiger partial charge in [0.05, 0.1) is 5.71 Å². The zero-order valence-electron chi connectivity index (χ0n) is 16.8. The largest absolute Gasteiger partial charge is 0.411 e. The summed E-state index contributed by atoms with van der Waals surface area (Å²) in [5.41, 5.74) is 3.72. The molecule has 0 aliphatic carbocycles. The molecule has 1 saturated heterocycles. The van der Waals surface area contributed by atoms with E-state index in [-0.39, 0.29) is 0 Å². The molecule has 4 nitrogen and oxygen atoms in total. The van der Waals surface area contributed by atoms with E-state index < -0.39 is 0 Å². The number of benzene rings is 2. The van der Waals surface area contributed by atoms with Crippen LogP contribution in [0.4, 0.5) is 0 Å². The molecule has 4 heteroatoms. The molecule has 1 fully saturated rings. The van der Waals surface area contributed by atoms with E-state index in [1.807, 2.05) is 0 Å². The monoisotopic (exact) mass is 379 g/mol. The highest BCUT2D eigenvalue weighted by molar-refractivity contribution is 5.84. The van der Waals surface area contributed by atoms with Crippen molar-refractivity contribution in [2.24, 2.45) is 5.16 Å². The molecule has 0 atom stereocenters. The van der Waals surface area contributed by atoms with E-state index in [4.69, 9.17) is 5.21 Å². The van der Waals surface area contributed by atoms with Gasteiger partial charge in [0.25, 0.3) is 0 Å². The van der Waals surface area contributed by atoms with E-state index in [1.54, 1.807) is 0 Å². The second-order valence-electron chi connectivity index (χ2n) is 7.75. The van der Waals surface area contributed by atoms with Gasteiger partial charge in [-0.15, -0.1) is 0 Å². The van der Waals surface area contributed by atoms with Gasteiger partial charge >= 0.3 is 0 Å². The molecule has 1 N–H and O–H groups in total. The number of hydrogen-bond acceptors (Lipinski definition) is 4. The predicted octanol–water partition coefficient (Wildman–Crippen LogP) is 4.79. The number of unbranched alkanes of at least 4 members (excludes halogenated alkanes) is 2. The Morgan fingerprint density at radius 2 is 1.36 bits per heavy atom. The lowest BCUT2D eigenvalue weighted by molar-refractivity contribution is 0.238. The zero-order valence-corrected chi connectivity index (χ0v) is 16.8. The summed E-state index contributed by atoms with van der Waals surface area (Å²) in [4.78, 5) is 5.07. The SMILES string of the molecule is ON=C1CCN(CCCCCN(Cc2ccccc2)Cc2ccccc2)CC1. The summed E-state index contributed by atoms with van der Waals surface area (Å²) in [7, 11) is 0. The van der Waals surface area contributed by atoms with Crippen LogP contribution in [0.15, 0.2) is 65.8 Å². The van der Waals surface area contributed by atoms with E-state index >= 15 is 0 Å². The molecule has 0 unspecified atom stereocenters. The molecule has 1 heterocycles. The molecule has 3 rings (SSSR count). The van der Waals surface area contributed by atoms with Crippen molar-refractivity contribution < 1.29 is 5.21 Å². The molecule has 2 aromatic rings. The van der Waals surface area contributed by atoms with Crippen LogP contribution in [0, 0.1) is 0 Å². The first-order valence-corrected chi connectivity index (χ1v) is 10.6. The molecule has 0 spiro atoms. The van der Waals surface area contributed by atoms with Crippen molar-refractivity contribution >= 4 is 5.71 Å². The van der Waals surface area contributed by atoms with Crippen molar-refractivity contribution in [1.82, 2.24) is 9.80 Å². The van der Waals surface area contributed by atoms with Crippen molar-refractivity contribution in [3.05, 3.63) is 71.8 Å². The summed E-state index contributed by atoms with van der Waals surface area (Å²) >= 11 is 0. The lowest BCUT2D eigenvalue weighted by Gasteiger charge is -2.27. The lowest BCUT2D eigenvalue weighted by atomic mass is 10.1. The normalized spacial score (nSPS) is 15.1. The van der Waals surface area contributed by atoms with Gasteiger partial charge in [0.15, 0.2) is 0 Å². The highest BCUT2D eigenvalue weighted by Gasteiger charge is 2.14.